The summed E-state index contributed by atoms with van der Waals surface area (Å²) in [6.45, 7) is 2.47. The Morgan fingerprint density at radius 1 is 1.24 bits per heavy atom. The van der Waals surface area contributed by atoms with Crippen molar-refractivity contribution in [3.05, 3.63) is 52.0 Å². The van der Waals surface area contributed by atoms with Crippen molar-refractivity contribution in [2.45, 2.75) is 31.4 Å². The molecule has 2 atom stereocenters. The van der Waals surface area contributed by atoms with Gasteiger partial charge < -0.3 is 9.67 Å². The lowest BCUT2D eigenvalue weighted by Gasteiger charge is -2.52. The molecule has 2 heterocycles. The van der Waals surface area contributed by atoms with Crippen molar-refractivity contribution in [3.8, 4) is 0 Å². The predicted molar refractivity (Wildman–Crippen MR) is 99.7 cm³/mol. The highest BCUT2D eigenvalue weighted by Crippen LogP contribution is 2.48. The molecule has 1 aliphatic heterocycles. The molecule has 1 aromatic heterocycles. The second kappa shape index (κ2) is 6.58. The number of aliphatic hydroxyl groups is 1. The van der Waals surface area contributed by atoms with Crippen molar-refractivity contribution in [1.29, 1.82) is 0 Å². The van der Waals surface area contributed by atoms with Crippen molar-refractivity contribution in [1.82, 2.24) is 14.5 Å². The number of hydrogen-bond donors (Lipinski definition) is 1. The maximum absolute atomic E-state index is 11.6. The molecule has 1 saturated heterocycles. The molecule has 1 aromatic carbocycles. The second-order valence-electron chi connectivity index (χ2n) is 7.42. The van der Waals surface area contributed by atoms with Crippen LogP contribution in [0.5, 0.6) is 0 Å². The Kier molecular flexibility index (Phi) is 4.57. The summed E-state index contributed by atoms with van der Waals surface area (Å²) < 4.78 is 1.97. The molecule has 1 saturated carbocycles. The molecule has 1 N–H and O–H groups in total. The molecule has 4 rings (SSSR count). The monoisotopic (exact) mass is 379 g/mol. The van der Waals surface area contributed by atoms with Gasteiger partial charge in [0.2, 0.25) is 0 Å². The summed E-state index contributed by atoms with van der Waals surface area (Å²) in [6, 6.07) is 5.79. The van der Waals surface area contributed by atoms with Crippen LogP contribution in [0.2, 0.25) is 10.0 Å². The number of piperidine rings is 1. The average molecular weight is 380 g/mol. The number of halogens is 2. The number of benzene rings is 1. The van der Waals surface area contributed by atoms with E-state index in [4.69, 9.17) is 23.2 Å². The van der Waals surface area contributed by atoms with Gasteiger partial charge in [-0.15, -0.1) is 0 Å². The first-order valence-electron chi connectivity index (χ1n) is 8.85. The molecule has 6 heteroatoms. The molecular weight excluding hydrogens is 357 g/mol. The fraction of sp³-hybridized carbons (Fsp3) is 0.526. The standard InChI is InChI=1S/C19H23Cl2N3O/c1-23-9-8-22-18(23)19(25)14-5-3-6-15(19)12-24(11-14)10-13-4-2-7-16(20)17(13)21/h2,4,7-9,14-15,25H,3,5-6,10-12H2,1H3. The van der Waals surface area contributed by atoms with Crippen LogP contribution >= 0.6 is 23.2 Å². The highest BCUT2D eigenvalue weighted by molar-refractivity contribution is 6.42. The van der Waals surface area contributed by atoms with Gasteiger partial charge in [-0.2, -0.15) is 0 Å². The Bertz CT molecular complexity index is 762. The number of aryl methyl sites for hydroxylation is 1. The molecule has 25 heavy (non-hydrogen) atoms. The van der Waals surface area contributed by atoms with Crippen molar-refractivity contribution in [2.75, 3.05) is 13.1 Å². The van der Waals surface area contributed by atoms with Gasteiger partial charge in [-0.3, -0.25) is 4.90 Å². The van der Waals surface area contributed by atoms with Crippen LogP contribution in [0, 0.1) is 11.8 Å². The average Bonchev–Trinajstić information content (AvgIpc) is 2.99. The van der Waals surface area contributed by atoms with Gasteiger partial charge in [-0.05, 0) is 24.5 Å². The van der Waals surface area contributed by atoms with Crippen LogP contribution in [0.4, 0.5) is 0 Å². The van der Waals surface area contributed by atoms with Gasteiger partial charge in [0.15, 0.2) is 0 Å². The third-order valence-electron chi connectivity index (χ3n) is 5.91. The fourth-order valence-electron chi connectivity index (χ4n) is 4.70. The first-order valence-corrected chi connectivity index (χ1v) is 9.61. The van der Waals surface area contributed by atoms with Gasteiger partial charge in [0.05, 0.1) is 10.0 Å². The van der Waals surface area contributed by atoms with E-state index in [0.29, 0.717) is 10.0 Å². The largest absolute Gasteiger partial charge is 0.381 e. The number of aromatic nitrogens is 2. The van der Waals surface area contributed by atoms with Crippen molar-refractivity contribution in [2.24, 2.45) is 18.9 Å². The molecular formula is C19H23Cl2N3O. The Balaban J connectivity index is 1.59. The number of fused-ring (bicyclic) bond motifs is 2. The zero-order valence-corrected chi connectivity index (χ0v) is 15.8. The summed E-state index contributed by atoms with van der Waals surface area (Å²) in [6.07, 6.45) is 6.93. The van der Waals surface area contributed by atoms with Crippen LogP contribution < -0.4 is 0 Å². The smallest absolute Gasteiger partial charge is 0.141 e. The summed E-state index contributed by atoms with van der Waals surface area (Å²) in [7, 11) is 1.97. The lowest BCUT2D eigenvalue weighted by Crippen LogP contribution is -2.58. The molecule has 134 valence electrons. The summed E-state index contributed by atoms with van der Waals surface area (Å²) in [5.74, 6) is 1.20. The number of rotatable bonds is 3. The normalized spacial score (nSPS) is 29.8. The third-order valence-corrected chi connectivity index (χ3v) is 6.77. The molecule has 2 bridgehead atoms. The van der Waals surface area contributed by atoms with E-state index in [-0.39, 0.29) is 11.8 Å². The van der Waals surface area contributed by atoms with Gasteiger partial charge in [-0.1, -0.05) is 41.8 Å². The predicted octanol–water partition coefficient (Wildman–Crippen LogP) is 3.85. The summed E-state index contributed by atoms with van der Waals surface area (Å²) in [5.41, 5.74) is 0.222. The molecule has 0 amide bonds. The van der Waals surface area contributed by atoms with E-state index in [1.54, 1.807) is 6.20 Å². The number of nitrogens with zero attached hydrogens (tertiary/aromatic N) is 3. The van der Waals surface area contributed by atoms with Gasteiger partial charge in [0, 0.05) is 50.9 Å². The van der Waals surface area contributed by atoms with Crippen LogP contribution in [0.1, 0.15) is 30.7 Å². The van der Waals surface area contributed by atoms with E-state index in [1.165, 1.54) is 6.42 Å². The van der Waals surface area contributed by atoms with Crippen molar-refractivity contribution in [3.63, 3.8) is 0 Å². The van der Waals surface area contributed by atoms with Crippen molar-refractivity contribution >= 4 is 23.2 Å². The first kappa shape index (κ1) is 17.3. The van der Waals surface area contributed by atoms with Crippen LogP contribution in [0.25, 0.3) is 0 Å². The number of hydrogen-bond acceptors (Lipinski definition) is 3. The number of likely N-dealkylation sites (tertiary alicyclic amines) is 1. The lowest BCUT2D eigenvalue weighted by molar-refractivity contribution is -0.155. The van der Waals surface area contributed by atoms with Gasteiger partial charge >= 0.3 is 0 Å². The van der Waals surface area contributed by atoms with Gasteiger partial charge in [0.25, 0.3) is 0 Å². The summed E-state index contributed by atoms with van der Waals surface area (Å²) in [4.78, 5) is 6.89. The summed E-state index contributed by atoms with van der Waals surface area (Å²) >= 11 is 12.5. The maximum atomic E-state index is 11.6. The highest BCUT2D eigenvalue weighted by atomic mass is 35.5. The van der Waals surface area contributed by atoms with E-state index in [0.717, 1.165) is 43.9 Å². The Morgan fingerprint density at radius 3 is 2.60 bits per heavy atom. The SMILES string of the molecule is Cn1ccnc1C1(O)C2CCCC1CN(Cc1cccc(Cl)c1Cl)C2. The van der Waals surface area contributed by atoms with E-state index in [9.17, 15) is 5.11 Å². The van der Waals surface area contributed by atoms with E-state index in [1.807, 2.05) is 36.0 Å². The van der Waals surface area contributed by atoms with E-state index in [2.05, 4.69) is 9.88 Å². The molecule has 1 aliphatic carbocycles. The number of imidazole rings is 1. The van der Waals surface area contributed by atoms with Gasteiger partial charge in [-0.25, -0.2) is 4.98 Å². The van der Waals surface area contributed by atoms with E-state index >= 15 is 0 Å². The molecule has 0 radical (unpaired) electrons. The minimum absolute atomic E-state index is 0.194. The van der Waals surface area contributed by atoms with Crippen LogP contribution in [-0.2, 0) is 19.2 Å². The lowest BCUT2D eigenvalue weighted by atomic mass is 9.65. The quantitative estimate of drug-likeness (QED) is 0.880. The fourth-order valence-corrected chi connectivity index (χ4v) is 5.08. The third kappa shape index (κ3) is 2.89. The maximum Gasteiger partial charge on any atom is 0.141 e. The minimum Gasteiger partial charge on any atom is -0.381 e. The topological polar surface area (TPSA) is 41.3 Å². The highest BCUT2D eigenvalue weighted by Gasteiger charge is 2.53. The molecule has 2 unspecified atom stereocenters. The second-order valence-corrected chi connectivity index (χ2v) is 8.20. The molecule has 2 aliphatic rings. The Hall–Kier alpha value is -1.07. The van der Waals surface area contributed by atoms with Crippen LogP contribution in [-0.4, -0.2) is 32.6 Å². The van der Waals surface area contributed by atoms with Crippen LogP contribution in [0.15, 0.2) is 30.6 Å². The Morgan fingerprint density at radius 2 is 1.96 bits per heavy atom. The first-order chi connectivity index (χ1) is 12.0. The molecule has 2 fully saturated rings. The zero-order chi connectivity index (χ0) is 17.6. The van der Waals surface area contributed by atoms with Gasteiger partial charge in [0.1, 0.15) is 11.4 Å². The summed E-state index contributed by atoms with van der Waals surface area (Å²) in [5, 5.41) is 12.9. The van der Waals surface area contributed by atoms with E-state index < -0.39 is 5.60 Å². The molecule has 2 aromatic rings. The molecule has 0 spiro atoms. The van der Waals surface area contributed by atoms with Crippen molar-refractivity contribution < 1.29 is 5.11 Å². The Labute approximate surface area is 158 Å². The minimum atomic E-state index is -0.828. The van der Waals surface area contributed by atoms with Crippen LogP contribution in [0.3, 0.4) is 0 Å². The zero-order valence-electron chi connectivity index (χ0n) is 14.3. The molecule has 4 nitrogen and oxygen atoms in total.